The molecule has 0 unspecified atom stereocenters. The highest BCUT2D eigenvalue weighted by atomic mass is 79.9. The first-order valence-electron chi connectivity index (χ1n) is 6.03. The minimum atomic E-state index is -0.435. The molecule has 7 heteroatoms. The van der Waals surface area contributed by atoms with E-state index in [1.165, 1.54) is 6.07 Å². The summed E-state index contributed by atoms with van der Waals surface area (Å²) in [5, 5.41) is 16.6. The number of hydrogen-bond donors (Lipinski definition) is 2. The van der Waals surface area contributed by atoms with Crippen molar-refractivity contribution in [2.75, 3.05) is 18.4 Å². The number of nitro benzene ring substituents is 1. The highest BCUT2D eigenvalue weighted by Gasteiger charge is 2.29. The molecule has 0 bridgehead atoms. The molecular weight excluding hydrogens is 314 g/mol. The Balaban J connectivity index is 1.84. The molecule has 1 aromatic rings. The lowest BCUT2D eigenvalue weighted by molar-refractivity contribution is -0.384. The predicted molar refractivity (Wildman–Crippen MR) is 75.0 cm³/mol. The van der Waals surface area contributed by atoms with Crippen LogP contribution in [0.3, 0.4) is 0 Å². The maximum Gasteiger partial charge on any atom is 0.293 e. The first-order chi connectivity index (χ1) is 9.08. The van der Waals surface area contributed by atoms with Gasteiger partial charge in [0.05, 0.1) is 4.92 Å². The van der Waals surface area contributed by atoms with Crippen LogP contribution in [-0.4, -0.2) is 23.9 Å². The second-order valence-electron chi connectivity index (χ2n) is 4.41. The van der Waals surface area contributed by atoms with Gasteiger partial charge in [-0.1, -0.05) is 15.9 Å². The number of hydrogen-bond acceptors (Lipinski definition) is 4. The van der Waals surface area contributed by atoms with Crippen molar-refractivity contribution < 1.29 is 9.72 Å². The number of benzene rings is 1. The van der Waals surface area contributed by atoms with Gasteiger partial charge in [-0.25, -0.2) is 0 Å². The van der Waals surface area contributed by atoms with Crippen LogP contribution in [0.2, 0.25) is 0 Å². The smallest absolute Gasteiger partial charge is 0.293 e. The summed E-state index contributed by atoms with van der Waals surface area (Å²) >= 11 is 3.20. The number of carbonyl (C=O) groups excluding carboxylic acids is 1. The first kappa shape index (κ1) is 13.8. The molecule has 1 aliphatic carbocycles. The Morgan fingerprint density at radius 3 is 2.79 bits per heavy atom. The minimum absolute atomic E-state index is 0.0166. The van der Waals surface area contributed by atoms with E-state index in [1.54, 1.807) is 12.1 Å². The molecule has 6 nitrogen and oxygen atoms in total. The molecule has 2 N–H and O–H groups in total. The summed E-state index contributed by atoms with van der Waals surface area (Å²) in [6, 6.07) is 4.83. The summed E-state index contributed by atoms with van der Waals surface area (Å²) in [6.45, 7) is 0.920. The maximum absolute atomic E-state index is 11.4. The summed E-state index contributed by atoms with van der Waals surface area (Å²) in [7, 11) is 0. The Morgan fingerprint density at radius 2 is 2.16 bits per heavy atom. The lowest BCUT2D eigenvalue weighted by Crippen LogP contribution is -2.29. The van der Waals surface area contributed by atoms with Gasteiger partial charge < -0.3 is 10.6 Å². The summed E-state index contributed by atoms with van der Waals surface area (Å²) < 4.78 is 0.659. The van der Waals surface area contributed by atoms with Gasteiger partial charge >= 0.3 is 0 Å². The minimum Gasteiger partial charge on any atom is -0.378 e. The van der Waals surface area contributed by atoms with E-state index in [2.05, 4.69) is 26.6 Å². The highest BCUT2D eigenvalue weighted by molar-refractivity contribution is 9.10. The molecule has 1 aromatic carbocycles. The normalized spacial score (nSPS) is 13.9. The average Bonchev–Trinajstić information content (AvgIpc) is 3.19. The highest BCUT2D eigenvalue weighted by Crippen LogP contribution is 2.29. The van der Waals surface area contributed by atoms with Gasteiger partial charge in [0, 0.05) is 29.5 Å². The number of nitrogens with one attached hydrogen (secondary N) is 2. The van der Waals surface area contributed by atoms with Crippen LogP contribution in [0.25, 0.3) is 0 Å². The molecule has 1 amide bonds. The number of nitrogens with zero attached hydrogens (tertiary/aromatic N) is 1. The molecule has 0 spiro atoms. The van der Waals surface area contributed by atoms with Crippen molar-refractivity contribution in [2.24, 2.45) is 5.92 Å². The van der Waals surface area contributed by atoms with Gasteiger partial charge in [-0.2, -0.15) is 0 Å². The van der Waals surface area contributed by atoms with E-state index < -0.39 is 4.92 Å². The summed E-state index contributed by atoms with van der Waals surface area (Å²) in [6.07, 6.45) is 1.94. The fraction of sp³-hybridized carbons (Fsp3) is 0.417. The molecule has 0 saturated heterocycles. The standard InChI is InChI=1S/C12H14BrN3O3/c13-9-3-4-10(11(7-9)16(18)19)14-5-6-15-12(17)8-1-2-8/h3-4,7-8,14H,1-2,5-6H2,(H,15,17). The molecule has 102 valence electrons. The fourth-order valence-corrected chi connectivity index (χ4v) is 2.03. The lowest BCUT2D eigenvalue weighted by Gasteiger charge is -2.08. The van der Waals surface area contributed by atoms with Gasteiger partial charge in [-0.15, -0.1) is 0 Å². The molecule has 0 heterocycles. The Morgan fingerprint density at radius 1 is 1.42 bits per heavy atom. The van der Waals surface area contributed by atoms with Crippen LogP contribution >= 0.6 is 15.9 Å². The van der Waals surface area contributed by atoms with E-state index in [-0.39, 0.29) is 17.5 Å². The van der Waals surface area contributed by atoms with Crippen molar-refractivity contribution in [2.45, 2.75) is 12.8 Å². The Bertz CT molecular complexity index is 503. The third-order valence-electron chi connectivity index (χ3n) is 2.84. The van der Waals surface area contributed by atoms with Crippen molar-refractivity contribution in [3.8, 4) is 0 Å². The zero-order valence-corrected chi connectivity index (χ0v) is 11.8. The van der Waals surface area contributed by atoms with Crippen LogP contribution in [0.4, 0.5) is 11.4 Å². The Labute approximate surface area is 118 Å². The molecule has 0 radical (unpaired) electrons. The van der Waals surface area contributed by atoms with E-state index in [1.807, 2.05) is 0 Å². The number of halogens is 1. The summed E-state index contributed by atoms with van der Waals surface area (Å²) in [5.74, 6) is 0.258. The quantitative estimate of drug-likeness (QED) is 0.477. The van der Waals surface area contributed by atoms with Crippen LogP contribution in [-0.2, 0) is 4.79 Å². The molecule has 0 aliphatic heterocycles. The molecule has 2 rings (SSSR count). The van der Waals surface area contributed by atoms with Gasteiger partial charge in [0.25, 0.3) is 5.69 Å². The fourth-order valence-electron chi connectivity index (χ4n) is 1.68. The number of nitro groups is 1. The van der Waals surface area contributed by atoms with Crippen molar-refractivity contribution in [1.82, 2.24) is 5.32 Å². The second kappa shape index (κ2) is 6.01. The lowest BCUT2D eigenvalue weighted by atomic mass is 10.2. The van der Waals surface area contributed by atoms with Crippen molar-refractivity contribution >= 4 is 33.2 Å². The van der Waals surface area contributed by atoms with Gasteiger partial charge in [0.2, 0.25) is 5.91 Å². The van der Waals surface area contributed by atoms with E-state index in [4.69, 9.17) is 0 Å². The average molecular weight is 328 g/mol. The topological polar surface area (TPSA) is 84.3 Å². The molecule has 0 atom stereocenters. The van der Waals surface area contributed by atoms with Gasteiger partial charge in [0.15, 0.2) is 0 Å². The first-order valence-corrected chi connectivity index (χ1v) is 6.83. The molecule has 1 fully saturated rings. The van der Waals surface area contributed by atoms with Crippen LogP contribution in [0, 0.1) is 16.0 Å². The monoisotopic (exact) mass is 327 g/mol. The number of carbonyl (C=O) groups is 1. The van der Waals surface area contributed by atoms with E-state index in [0.29, 0.717) is 23.2 Å². The SMILES string of the molecule is O=C(NCCNc1ccc(Br)cc1[N+](=O)[O-])C1CC1. The maximum atomic E-state index is 11.4. The van der Waals surface area contributed by atoms with Gasteiger partial charge in [0.1, 0.15) is 5.69 Å². The van der Waals surface area contributed by atoms with Crippen LogP contribution < -0.4 is 10.6 Å². The van der Waals surface area contributed by atoms with Crippen molar-refractivity contribution in [1.29, 1.82) is 0 Å². The van der Waals surface area contributed by atoms with E-state index in [9.17, 15) is 14.9 Å². The Hall–Kier alpha value is -1.63. The van der Waals surface area contributed by atoms with Crippen LogP contribution in [0.15, 0.2) is 22.7 Å². The molecule has 1 saturated carbocycles. The van der Waals surface area contributed by atoms with Crippen molar-refractivity contribution in [3.63, 3.8) is 0 Å². The van der Waals surface area contributed by atoms with E-state index >= 15 is 0 Å². The molecular formula is C12H14BrN3O3. The molecule has 0 aromatic heterocycles. The number of anilines is 1. The zero-order valence-electron chi connectivity index (χ0n) is 10.2. The van der Waals surface area contributed by atoms with Crippen LogP contribution in [0.5, 0.6) is 0 Å². The van der Waals surface area contributed by atoms with Gasteiger partial charge in [-0.05, 0) is 25.0 Å². The third kappa shape index (κ3) is 3.92. The van der Waals surface area contributed by atoms with Crippen molar-refractivity contribution in [3.05, 3.63) is 32.8 Å². The van der Waals surface area contributed by atoms with Crippen LogP contribution in [0.1, 0.15) is 12.8 Å². The number of amides is 1. The largest absolute Gasteiger partial charge is 0.378 e. The van der Waals surface area contributed by atoms with E-state index in [0.717, 1.165) is 12.8 Å². The summed E-state index contributed by atoms with van der Waals surface area (Å²) in [5.41, 5.74) is 0.469. The third-order valence-corrected chi connectivity index (χ3v) is 3.34. The zero-order chi connectivity index (χ0) is 13.8. The number of rotatable bonds is 6. The van der Waals surface area contributed by atoms with Gasteiger partial charge in [-0.3, -0.25) is 14.9 Å². The molecule has 19 heavy (non-hydrogen) atoms. The summed E-state index contributed by atoms with van der Waals surface area (Å²) in [4.78, 5) is 21.8. The predicted octanol–water partition coefficient (Wildman–Crippen LogP) is 2.30. The second-order valence-corrected chi connectivity index (χ2v) is 5.33. The molecule has 1 aliphatic rings. The Kier molecular flexibility index (Phi) is 4.36.